The van der Waals surface area contributed by atoms with E-state index in [1.54, 1.807) is 0 Å². The van der Waals surface area contributed by atoms with Gasteiger partial charge in [-0.25, -0.2) is 0 Å². The third-order valence-electron chi connectivity index (χ3n) is 4.30. The molecule has 0 aliphatic carbocycles. The quantitative estimate of drug-likeness (QED) is 0.646. The summed E-state index contributed by atoms with van der Waals surface area (Å²) in [7, 11) is 0. The number of benzene rings is 1. The van der Waals surface area contributed by atoms with Gasteiger partial charge in [-0.05, 0) is 50.1 Å². The van der Waals surface area contributed by atoms with Gasteiger partial charge < -0.3 is 9.80 Å². The van der Waals surface area contributed by atoms with Crippen molar-refractivity contribution in [2.24, 2.45) is 0 Å². The zero-order chi connectivity index (χ0) is 14.8. The minimum absolute atomic E-state index is 1.15. The van der Waals surface area contributed by atoms with Gasteiger partial charge in [-0.1, -0.05) is 52.0 Å². The van der Waals surface area contributed by atoms with Crippen molar-refractivity contribution in [3.05, 3.63) is 35.4 Å². The number of hydrogen-bond acceptors (Lipinski definition) is 2. The van der Waals surface area contributed by atoms with E-state index < -0.39 is 0 Å². The minimum atomic E-state index is 1.15. The molecular weight excluding hydrogens is 244 g/mol. The van der Waals surface area contributed by atoms with Crippen molar-refractivity contribution >= 4 is 0 Å². The Balaban J connectivity index is 2.58. The number of rotatable bonds is 10. The third kappa shape index (κ3) is 5.64. The van der Waals surface area contributed by atoms with Gasteiger partial charge in [0.2, 0.25) is 0 Å². The first-order valence-corrected chi connectivity index (χ1v) is 8.26. The highest BCUT2D eigenvalue weighted by atomic mass is 15.1. The standard InChI is InChI=1S/C18H32N2/c1-5-19(6-2)15-13-17-11-9-10-12-18(17)14-16-20(7-3)8-4/h9-12H,5-8,13-16H2,1-4H3. The van der Waals surface area contributed by atoms with Crippen LogP contribution in [-0.4, -0.2) is 49.1 Å². The average Bonchev–Trinajstić information content (AvgIpc) is 2.50. The summed E-state index contributed by atoms with van der Waals surface area (Å²) in [5, 5.41) is 0. The lowest BCUT2D eigenvalue weighted by Crippen LogP contribution is -2.27. The Labute approximate surface area is 125 Å². The summed E-state index contributed by atoms with van der Waals surface area (Å²) >= 11 is 0. The van der Waals surface area contributed by atoms with Crippen molar-refractivity contribution in [2.45, 2.75) is 40.5 Å². The van der Waals surface area contributed by atoms with Crippen LogP contribution in [-0.2, 0) is 12.8 Å². The molecule has 0 saturated carbocycles. The Bertz CT molecular complexity index is 319. The molecule has 0 bridgehead atoms. The van der Waals surface area contributed by atoms with Gasteiger partial charge in [0.05, 0.1) is 0 Å². The van der Waals surface area contributed by atoms with Crippen LogP contribution in [0.5, 0.6) is 0 Å². The molecule has 1 aromatic rings. The van der Waals surface area contributed by atoms with Gasteiger partial charge in [-0.15, -0.1) is 0 Å². The normalized spacial score (nSPS) is 11.5. The number of nitrogens with zero attached hydrogens (tertiary/aromatic N) is 2. The molecule has 0 atom stereocenters. The lowest BCUT2D eigenvalue weighted by atomic mass is 10.0. The topological polar surface area (TPSA) is 6.48 Å². The van der Waals surface area contributed by atoms with Crippen LogP contribution in [0.3, 0.4) is 0 Å². The van der Waals surface area contributed by atoms with E-state index in [0.717, 1.165) is 26.2 Å². The van der Waals surface area contributed by atoms with Crippen LogP contribution in [0.2, 0.25) is 0 Å². The van der Waals surface area contributed by atoms with E-state index in [-0.39, 0.29) is 0 Å². The Kier molecular flexibility index (Phi) is 8.56. The van der Waals surface area contributed by atoms with Gasteiger partial charge in [-0.2, -0.15) is 0 Å². The van der Waals surface area contributed by atoms with Gasteiger partial charge in [-0.3, -0.25) is 0 Å². The van der Waals surface area contributed by atoms with Crippen LogP contribution >= 0.6 is 0 Å². The minimum Gasteiger partial charge on any atom is -0.304 e. The molecule has 114 valence electrons. The van der Waals surface area contributed by atoms with Crippen molar-refractivity contribution in [1.29, 1.82) is 0 Å². The Morgan fingerprint density at radius 1 is 0.650 bits per heavy atom. The van der Waals surface area contributed by atoms with Crippen LogP contribution < -0.4 is 0 Å². The molecule has 0 N–H and O–H groups in total. The molecule has 20 heavy (non-hydrogen) atoms. The Hall–Kier alpha value is -0.860. The highest BCUT2D eigenvalue weighted by Gasteiger charge is 2.06. The summed E-state index contributed by atoms with van der Waals surface area (Å²) < 4.78 is 0. The fourth-order valence-electron chi connectivity index (χ4n) is 2.68. The molecule has 0 aromatic heterocycles. The second kappa shape index (κ2) is 9.95. The maximum Gasteiger partial charge on any atom is 0.00217 e. The summed E-state index contributed by atoms with van der Waals surface area (Å²) in [6, 6.07) is 8.97. The van der Waals surface area contributed by atoms with Crippen LogP contribution in [0.4, 0.5) is 0 Å². The summed E-state index contributed by atoms with van der Waals surface area (Å²) in [4.78, 5) is 5.00. The zero-order valence-electron chi connectivity index (χ0n) is 13.9. The first-order valence-electron chi connectivity index (χ1n) is 8.26. The van der Waals surface area contributed by atoms with Crippen LogP contribution in [0, 0.1) is 0 Å². The zero-order valence-corrected chi connectivity index (χ0v) is 13.9. The van der Waals surface area contributed by atoms with Crippen molar-refractivity contribution in [1.82, 2.24) is 9.80 Å². The van der Waals surface area contributed by atoms with E-state index in [2.05, 4.69) is 61.8 Å². The maximum atomic E-state index is 2.50. The van der Waals surface area contributed by atoms with Gasteiger partial charge >= 0.3 is 0 Å². The maximum absolute atomic E-state index is 2.50. The molecule has 0 heterocycles. The van der Waals surface area contributed by atoms with Crippen LogP contribution in [0.15, 0.2) is 24.3 Å². The van der Waals surface area contributed by atoms with E-state index in [0.29, 0.717) is 0 Å². The molecule has 0 aliphatic rings. The fraction of sp³-hybridized carbons (Fsp3) is 0.667. The van der Waals surface area contributed by atoms with E-state index in [1.165, 1.54) is 37.1 Å². The molecule has 0 spiro atoms. The molecule has 0 radical (unpaired) electrons. The van der Waals surface area contributed by atoms with Gasteiger partial charge in [0.15, 0.2) is 0 Å². The van der Waals surface area contributed by atoms with Crippen molar-refractivity contribution in [2.75, 3.05) is 39.3 Å². The van der Waals surface area contributed by atoms with Crippen molar-refractivity contribution in [3.8, 4) is 0 Å². The average molecular weight is 276 g/mol. The first kappa shape index (κ1) is 17.2. The number of likely N-dealkylation sites (N-methyl/N-ethyl adjacent to an activating group) is 2. The SMILES string of the molecule is CCN(CC)CCc1ccccc1CCN(CC)CC. The molecule has 0 amide bonds. The summed E-state index contributed by atoms with van der Waals surface area (Å²) in [6.07, 6.45) is 2.35. The van der Waals surface area contributed by atoms with Gasteiger partial charge in [0, 0.05) is 13.1 Å². The molecule has 1 rings (SSSR count). The molecule has 0 saturated heterocycles. The second-order valence-corrected chi connectivity index (χ2v) is 5.32. The molecule has 2 nitrogen and oxygen atoms in total. The van der Waals surface area contributed by atoms with Crippen molar-refractivity contribution in [3.63, 3.8) is 0 Å². The van der Waals surface area contributed by atoms with E-state index in [9.17, 15) is 0 Å². The number of hydrogen-bond donors (Lipinski definition) is 0. The van der Waals surface area contributed by atoms with E-state index in [4.69, 9.17) is 0 Å². The first-order chi connectivity index (χ1) is 9.74. The molecule has 0 unspecified atom stereocenters. The molecule has 1 aromatic carbocycles. The summed E-state index contributed by atoms with van der Waals surface area (Å²) in [6.45, 7) is 15.9. The predicted molar refractivity (Wildman–Crippen MR) is 89.4 cm³/mol. The fourth-order valence-corrected chi connectivity index (χ4v) is 2.68. The molecule has 2 heteroatoms. The van der Waals surface area contributed by atoms with Crippen LogP contribution in [0.25, 0.3) is 0 Å². The third-order valence-corrected chi connectivity index (χ3v) is 4.30. The highest BCUT2D eigenvalue weighted by Crippen LogP contribution is 2.12. The monoisotopic (exact) mass is 276 g/mol. The van der Waals surface area contributed by atoms with Crippen LogP contribution in [0.1, 0.15) is 38.8 Å². The molecule has 0 fully saturated rings. The summed E-state index contributed by atoms with van der Waals surface area (Å²) in [5.74, 6) is 0. The largest absolute Gasteiger partial charge is 0.304 e. The second-order valence-electron chi connectivity index (χ2n) is 5.32. The summed E-state index contributed by atoms with van der Waals surface area (Å²) in [5.41, 5.74) is 3.07. The van der Waals surface area contributed by atoms with Crippen molar-refractivity contribution < 1.29 is 0 Å². The molecule has 0 aliphatic heterocycles. The Morgan fingerprint density at radius 2 is 1.00 bits per heavy atom. The lowest BCUT2D eigenvalue weighted by molar-refractivity contribution is 0.303. The van der Waals surface area contributed by atoms with Gasteiger partial charge in [0.1, 0.15) is 0 Å². The Morgan fingerprint density at radius 3 is 1.30 bits per heavy atom. The highest BCUT2D eigenvalue weighted by molar-refractivity contribution is 5.27. The van der Waals surface area contributed by atoms with E-state index >= 15 is 0 Å². The smallest absolute Gasteiger partial charge is 0.00217 e. The molecular formula is C18H32N2. The lowest BCUT2D eigenvalue weighted by Gasteiger charge is -2.21. The van der Waals surface area contributed by atoms with E-state index in [1.807, 2.05) is 0 Å². The predicted octanol–water partition coefficient (Wildman–Crippen LogP) is 3.46. The van der Waals surface area contributed by atoms with Gasteiger partial charge in [0.25, 0.3) is 0 Å².